The van der Waals surface area contributed by atoms with Crippen LogP contribution < -0.4 is 5.32 Å². The van der Waals surface area contributed by atoms with Crippen molar-refractivity contribution in [3.63, 3.8) is 0 Å². The maximum Gasteiger partial charge on any atom is 0.0530 e. The van der Waals surface area contributed by atoms with Crippen LogP contribution in [-0.4, -0.2) is 26.8 Å². The Morgan fingerprint density at radius 3 is 2.14 bits per heavy atom. The van der Waals surface area contributed by atoms with Gasteiger partial charge >= 0.3 is 0 Å². The molecular formula is C12H27NO. The third kappa shape index (κ3) is 4.97. The number of hydrogen-bond donors (Lipinski definition) is 1. The van der Waals surface area contributed by atoms with E-state index in [1.54, 1.807) is 7.11 Å². The van der Waals surface area contributed by atoms with Crippen molar-refractivity contribution in [2.24, 2.45) is 17.3 Å². The monoisotopic (exact) mass is 201 g/mol. The van der Waals surface area contributed by atoms with E-state index in [-0.39, 0.29) is 5.41 Å². The highest BCUT2D eigenvalue weighted by Gasteiger charge is 2.27. The summed E-state index contributed by atoms with van der Waals surface area (Å²) in [6.45, 7) is 14.2. The average molecular weight is 201 g/mol. The van der Waals surface area contributed by atoms with Gasteiger partial charge in [0, 0.05) is 19.1 Å². The summed E-state index contributed by atoms with van der Waals surface area (Å²) in [5, 5.41) is 3.51. The van der Waals surface area contributed by atoms with Crippen LogP contribution in [0.5, 0.6) is 0 Å². The second kappa shape index (κ2) is 6.41. The molecule has 1 atom stereocenters. The molecule has 0 saturated heterocycles. The molecule has 86 valence electrons. The van der Waals surface area contributed by atoms with E-state index in [9.17, 15) is 0 Å². The second-order valence-corrected chi connectivity index (χ2v) is 5.27. The largest absolute Gasteiger partial charge is 0.384 e. The van der Waals surface area contributed by atoms with Crippen molar-refractivity contribution < 1.29 is 4.74 Å². The van der Waals surface area contributed by atoms with E-state index >= 15 is 0 Å². The van der Waals surface area contributed by atoms with Crippen molar-refractivity contribution >= 4 is 0 Å². The quantitative estimate of drug-likeness (QED) is 0.683. The number of rotatable bonds is 7. The smallest absolute Gasteiger partial charge is 0.0530 e. The fraction of sp³-hybridized carbons (Fsp3) is 1.00. The Hall–Kier alpha value is -0.0800. The minimum absolute atomic E-state index is 0.254. The van der Waals surface area contributed by atoms with Crippen molar-refractivity contribution in [3.05, 3.63) is 0 Å². The first kappa shape index (κ1) is 13.9. The first-order valence-corrected chi connectivity index (χ1v) is 5.62. The molecule has 0 spiro atoms. The van der Waals surface area contributed by atoms with E-state index in [1.807, 2.05) is 0 Å². The molecule has 0 aliphatic rings. The van der Waals surface area contributed by atoms with Gasteiger partial charge in [0.25, 0.3) is 0 Å². The van der Waals surface area contributed by atoms with E-state index < -0.39 is 0 Å². The van der Waals surface area contributed by atoms with Crippen LogP contribution in [0.25, 0.3) is 0 Å². The maximum absolute atomic E-state index is 5.29. The Bertz CT molecular complexity index is 145. The third-order valence-electron chi connectivity index (χ3n) is 2.95. The van der Waals surface area contributed by atoms with Gasteiger partial charge in [-0.3, -0.25) is 0 Å². The number of methoxy groups -OCH3 is 1. The van der Waals surface area contributed by atoms with E-state index in [0.717, 1.165) is 19.7 Å². The molecule has 0 aromatic heterocycles. The standard InChI is InChI=1S/C12H27NO/c1-10(2)7-13-8-12(5,9-14-6)11(3)4/h10-11,13H,7-9H2,1-6H3. The van der Waals surface area contributed by atoms with Gasteiger partial charge in [-0.05, 0) is 18.4 Å². The average Bonchev–Trinajstić information content (AvgIpc) is 2.03. The predicted molar refractivity (Wildman–Crippen MR) is 62.5 cm³/mol. The Balaban J connectivity index is 3.96. The SMILES string of the molecule is COCC(C)(CNCC(C)C)C(C)C. The highest BCUT2D eigenvalue weighted by atomic mass is 16.5. The molecule has 0 rings (SSSR count). The van der Waals surface area contributed by atoms with Crippen LogP contribution in [0.15, 0.2) is 0 Å². The lowest BCUT2D eigenvalue weighted by Crippen LogP contribution is -2.40. The molecule has 14 heavy (non-hydrogen) atoms. The molecule has 0 saturated carbocycles. The molecule has 1 unspecified atom stereocenters. The molecule has 0 aliphatic carbocycles. The van der Waals surface area contributed by atoms with Gasteiger partial charge in [0.05, 0.1) is 6.61 Å². The van der Waals surface area contributed by atoms with E-state index in [4.69, 9.17) is 4.74 Å². The van der Waals surface area contributed by atoms with Crippen LogP contribution in [-0.2, 0) is 4.74 Å². The van der Waals surface area contributed by atoms with Crippen LogP contribution in [0.3, 0.4) is 0 Å². The zero-order chi connectivity index (χ0) is 11.2. The minimum atomic E-state index is 0.254. The molecule has 0 heterocycles. The summed E-state index contributed by atoms with van der Waals surface area (Å²) in [7, 11) is 1.78. The van der Waals surface area contributed by atoms with E-state index in [2.05, 4.69) is 39.9 Å². The maximum atomic E-state index is 5.29. The predicted octanol–water partition coefficient (Wildman–Crippen LogP) is 2.54. The van der Waals surface area contributed by atoms with Crippen molar-refractivity contribution in [2.75, 3.05) is 26.8 Å². The molecule has 0 aromatic rings. The molecule has 0 aliphatic heterocycles. The van der Waals surface area contributed by atoms with Gasteiger partial charge in [0.1, 0.15) is 0 Å². The third-order valence-corrected chi connectivity index (χ3v) is 2.95. The van der Waals surface area contributed by atoms with Crippen LogP contribution in [0.1, 0.15) is 34.6 Å². The van der Waals surface area contributed by atoms with E-state index in [0.29, 0.717) is 11.8 Å². The molecule has 0 fully saturated rings. The highest BCUT2D eigenvalue weighted by molar-refractivity contribution is 4.80. The second-order valence-electron chi connectivity index (χ2n) is 5.27. The van der Waals surface area contributed by atoms with Crippen molar-refractivity contribution in [2.45, 2.75) is 34.6 Å². The zero-order valence-electron chi connectivity index (χ0n) is 10.7. The Morgan fingerprint density at radius 2 is 1.79 bits per heavy atom. The van der Waals surface area contributed by atoms with Gasteiger partial charge in [-0.1, -0.05) is 34.6 Å². The van der Waals surface area contributed by atoms with Crippen LogP contribution in [0, 0.1) is 17.3 Å². The summed E-state index contributed by atoms with van der Waals surface area (Å²) in [4.78, 5) is 0. The summed E-state index contributed by atoms with van der Waals surface area (Å²) in [6, 6.07) is 0. The van der Waals surface area contributed by atoms with Crippen molar-refractivity contribution in [1.29, 1.82) is 0 Å². The van der Waals surface area contributed by atoms with Gasteiger partial charge in [-0.25, -0.2) is 0 Å². The Morgan fingerprint density at radius 1 is 1.21 bits per heavy atom. The molecule has 2 nitrogen and oxygen atoms in total. The van der Waals surface area contributed by atoms with Crippen LogP contribution in [0.4, 0.5) is 0 Å². The normalized spacial score (nSPS) is 16.3. The van der Waals surface area contributed by atoms with Gasteiger partial charge in [-0.15, -0.1) is 0 Å². The van der Waals surface area contributed by atoms with Gasteiger partial charge in [0.15, 0.2) is 0 Å². The van der Waals surface area contributed by atoms with Crippen LogP contribution in [0.2, 0.25) is 0 Å². The molecule has 1 N–H and O–H groups in total. The molecule has 0 amide bonds. The van der Waals surface area contributed by atoms with Gasteiger partial charge in [-0.2, -0.15) is 0 Å². The highest BCUT2D eigenvalue weighted by Crippen LogP contribution is 2.26. The fourth-order valence-corrected chi connectivity index (χ4v) is 1.40. The lowest BCUT2D eigenvalue weighted by molar-refractivity contribution is 0.0566. The summed E-state index contributed by atoms with van der Waals surface area (Å²) in [5.41, 5.74) is 0.254. The van der Waals surface area contributed by atoms with Crippen LogP contribution >= 0.6 is 0 Å². The Labute approximate surface area is 89.4 Å². The zero-order valence-corrected chi connectivity index (χ0v) is 10.7. The first-order valence-electron chi connectivity index (χ1n) is 5.62. The molecule has 0 radical (unpaired) electrons. The topological polar surface area (TPSA) is 21.3 Å². The van der Waals surface area contributed by atoms with Gasteiger partial charge < -0.3 is 10.1 Å². The first-order chi connectivity index (χ1) is 6.42. The lowest BCUT2D eigenvalue weighted by atomic mass is 9.79. The minimum Gasteiger partial charge on any atom is -0.384 e. The number of ether oxygens (including phenoxy) is 1. The van der Waals surface area contributed by atoms with Gasteiger partial charge in [0.2, 0.25) is 0 Å². The van der Waals surface area contributed by atoms with Crippen molar-refractivity contribution in [1.82, 2.24) is 5.32 Å². The summed E-state index contributed by atoms with van der Waals surface area (Å²) >= 11 is 0. The molecule has 0 aromatic carbocycles. The Kier molecular flexibility index (Phi) is 6.38. The van der Waals surface area contributed by atoms with Crippen molar-refractivity contribution in [3.8, 4) is 0 Å². The fourth-order valence-electron chi connectivity index (χ4n) is 1.40. The summed E-state index contributed by atoms with van der Waals surface area (Å²) < 4.78 is 5.29. The summed E-state index contributed by atoms with van der Waals surface area (Å²) in [6.07, 6.45) is 0. The molecular weight excluding hydrogens is 174 g/mol. The number of nitrogens with one attached hydrogen (secondary N) is 1. The van der Waals surface area contributed by atoms with E-state index in [1.165, 1.54) is 0 Å². The number of hydrogen-bond acceptors (Lipinski definition) is 2. The lowest BCUT2D eigenvalue weighted by Gasteiger charge is -2.33. The summed E-state index contributed by atoms with van der Waals surface area (Å²) in [5.74, 6) is 1.36. The molecule has 2 heteroatoms. The molecule has 0 bridgehead atoms.